The molecule has 35 heavy (non-hydrogen) atoms. The molecule has 0 aromatic heterocycles. The van der Waals surface area contributed by atoms with Gasteiger partial charge in [-0.05, 0) is 64.3 Å². The molecule has 5 heteroatoms. The highest BCUT2D eigenvalue weighted by molar-refractivity contribution is 9.10. The summed E-state index contributed by atoms with van der Waals surface area (Å²) in [5.74, 6) is 0.583. The first-order chi connectivity index (χ1) is 17.1. The van der Waals surface area contributed by atoms with Crippen molar-refractivity contribution in [1.82, 2.24) is 0 Å². The maximum Gasteiger partial charge on any atom is 0.281 e. The SMILES string of the molecule is Cc1ccc(COc2ccc(/C=C3\C(=O)N(c4ccccc4)N=C3c3ccccc3)cc2Br)cc1. The Morgan fingerprint density at radius 1 is 0.886 bits per heavy atom. The first-order valence-electron chi connectivity index (χ1n) is 11.3. The van der Waals surface area contributed by atoms with Gasteiger partial charge in [-0.2, -0.15) is 10.1 Å². The minimum atomic E-state index is -0.161. The number of benzene rings is 4. The lowest BCUT2D eigenvalue weighted by atomic mass is 10.0. The Morgan fingerprint density at radius 3 is 2.26 bits per heavy atom. The van der Waals surface area contributed by atoms with E-state index in [1.807, 2.05) is 84.9 Å². The molecular weight excluding hydrogens is 500 g/mol. The third-order valence-corrected chi connectivity index (χ3v) is 6.33. The van der Waals surface area contributed by atoms with Crippen molar-refractivity contribution in [3.8, 4) is 5.75 Å². The van der Waals surface area contributed by atoms with Gasteiger partial charge < -0.3 is 4.74 Å². The summed E-state index contributed by atoms with van der Waals surface area (Å²) >= 11 is 3.63. The minimum Gasteiger partial charge on any atom is -0.488 e. The molecule has 0 fully saturated rings. The van der Waals surface area contributed by atoms with Crippen molar-refractivity contribution < 1.29 is 9.53 Å². The Hall–Kier alpha value is -3.96. The number of nitrogens with zero attached hydrogens (tertiary/aromatic N) is 2. The van der Waals surface area contributed by atoms with Crippen LogP contribution in [0.3, 0.4) is 0 Å². The molecule has 5 rings (SSSR count). The van der Waals surface area contributed by atoms with Crippen LogP contribution in [0.4, 0.5) is 5.69 Å². The first-order valence-corrected chi connectivity index (χ1v) is 12.1. The molecule has 0 unspecified atom stereocenters. The fraction of sp³-hybridized carbons (Fsp3) is 0.0667. The average molecular weight is 523 g/mol. The Morgan fingerprint density at radius 2 is 1.57 bits per heavy atom. The van der Waals surface area contributed by atoms with Gasteiger partial charge in [0, 0.05) is 5.56 Å². The molecule has 1 aliphatic heterocycles. The standard InChI is InChI=1S/C30H23BrN2O2/c1-21-12-14-22(15-13-21)20-35-28-17-16-23(19-27(28)31)18-26-29(24-8-4-2-5-9-24)32-33(30(26)34)25-10-6-3-7-11-25/h2-19H,20H2,1H3/b26-18-. The molecule has 0 radical (unpaired) electrons. The minimum absolute atomic E-state index is 0.161. The number of halogens is 1. The summed E-state index contributed by atoms with van der Waals surface area (Å²) in [5.41, 5.74) is 6.02. The van der Waals surface area contributed by atoms with Gasteiger partial charge in [0.2, 0.25) is 0 Å². The summed E-state index contributed by atoms with van der Waals surface area (Å²) in [6.45, 7) is 2.55. The quantitative estimate of drug-likeness (QED) is 0.252. The predicted molar refractivity (Wildman–Crippen MR) is 145 cm³/mol. The van der Waals surface area contributed by atoms with E-state index < -0.39 is 0 Å². The number of hydrogen-bond acceptors (Lipinski definition) is 3. The van der Waals surface area contributed by atoms with Gasteiger partial charge in [-0.3, -0.25) is 4.79 Å². The van der Waals surface area contributed by atoms with Crippen LogP contribution >= 0.6 is 15.9 Å². The predicted octanol–water partition coefficient (Wildman–Crippen LogP) is 7.17. The summed E-state index contributed by atoms with van der Waals surface area (Å²) in [4.78, 5) is 13.4. The molecule has 1 aliphatic rings. The molecule has 0 spiro atoms. The van der Waals surface area contributed by atoms with E-state index >= 15 is 0 Å². The van der Waals surface area contributed by atoms with Gasteiger partial charge in [-0.15, -0.1) is 0 Å². The van der Waals surface area contributed by atoms with Crippen LogP contribution in [0.15, 0.2) is 118 Å². The fourth-order valence-electron chi connectivity index (χ4n) is 3.83. The Kier molecular flexibility index (Phi) is 6.59. The smallest absolute Gasteiger partial charge is 0.281 e. The number of para-hydroxylation sites is 1. The highest BCUT2D eigenvalue weighted by atomic mass is 79.9. The Labute approximate surface area is 213 Å². The van der Waals surface area contributed by atoms with Gasteiger partial charge >= 0.3 is 0 Å². The summed E-state index contributed by atoms with van der Waals surface area (Å²) in [7, 11) is 0. The second-order valence-corrected chi connectivity index (χ2v) is 9.14. The first kappa shape index (κ1) is 22.8. The maximum atomic E-state index is 13.4. The largest absolute Gasteiger partial charge is 0.488 e. The highest BCUT2D eigenvalue weighted by Gasteiger charge is 2.31. The van der Waals surface area contributed by atoms with E-state index in [1.54, 1.807) is 0 Å². The van der Waals surface area contributed by atoms with Gasteiger partial charge in [-0.1, -0.05) is 84.4 Å². The number of ether oxygens (including phenoxy) is 1. The van der Waals surface area contributed by atoms with Crippen molar-refractivity contribution in [2.24, 2.45) is 5.10 Å². The van der Waals surface area contributed by atoms with E-state index in [-0.39, 0.29) is 5.91 Å². The van der Waals surface area contributed by atoms with Gasteiger partial charge in [0.1, 0.15) is 18.1 Å². The molecule has 1 heterocycles. The van der Waals surface area contributed by atoms with Crippen LogP contribution in [0.5, 0.6) is 5.75 Å². The van der Waals surface area contributed by atoms with Crippen LogP contribution in [-0.2, 0) is 11.4 Å². The number of rotatable bonds is 6. The normalized spacial score (nSPS) is 14.3. The molecule has 4 aromatic carbocycles. The van der Waals surface area contributed by atoms with Crippen molar-refractivity contribution >= 4 is 39.3 Å². The van der Waals surface area contributed by atoms with E-state index in [0.717, 1.165) is 32.6 Å². The molecule has 0 bridgehead atoms. The molecular formula is C30H23BrN2O2. The topological polar surface area (TPSA) is 41.9 Å². The second kappa shape index (κ2) is 10.1. The fourth-order valence-corrected chi connectivity index (χ4v) is 4.35. The lowest BCUT2D eigenvalue weighted by Crippen LogP contribution is -2.21. The number of carbonyl (C=O) groups is 1. The van der Waals surface area contributed by atoms with Crippen LogP contribution in [0.25, 0.3) is 6.08 Å². The molecule has 0 saturated carbocycles. The maximum absolute atomic E-state index is 13.4. The van der Waals surface area contributed by atoms with Gasteiger partial charge in [-0.25, -0.2) is 0 Å². The number of hydrazone groups is 1. The number of anilines is 1. The number of aryl methyl sites for hydroxylation is 1. The average Bonchev–Trinajstić information content (AvgIpc) is 3.21. The number of amides is 1. The van der Waals surface area contributed by atoms with Crippen LogP contribution in [0.1, 0.15) is 22.3 Å². The monoisotopic (exact) mass is 522 g/mol. The van der Waals surface area contributed by atoms with E-state index in [0.29, 0.717) is 17.9 Å². The summed E-state index contributed by atoms with van der Waals surface area (Å²) in [5, 5.41) is 6.15. The molecule has 1 amide bonds. The van der Waals surface area contributed by atoms with Crippen molar-refractivity contribution in [3.05, 3.63) is 135 Å². The van der Waals surface area contributed by atoms with Crippen molar-refractivity contribution in [2.45, 2.75) is 13.5 Å². The molecule has 4 nitrogen and oxygen atoms in total. The van der Waals surface area contributed by atoms with E-state index in [2.05, 4.69) is 47.1 Å². The summed E-state index contributed by atoms with van der Waals surface area (Å²) < 4.78 is 6.83. The molecule has 0 atom stereocenters. The number of carbonyl (C=O) groups excluding carboxylic acids is 1. The van der Waals surface area contributed by atoms with Crippen molar-refractivity contribution in [2.75, 3.05) is 5.01 Å². The lowest BCUT2D eigenvalue weighted by molar-refractivity contribution is -0.114. The van der Waals surface area contributed by atoms with Gasteiger partial charge in [0.15, 0.2) is 0 Å². The van der Waals surface area contributed by atoms with Gasteiger partial charge in [0.05, 0.1) is 15.7 Å². The lowest BCUT2D eigenvalue weighted by Gasteiger charge is -2.11. The van der Waals surface area contributed by atoms with E-state index in [4.69, 9.17) is 9.84 Å². The molecule has 172 valence electrons. The molecule has 0 saturated heterocycles. The van der Waals surface area contributed by atoms with Crippen LogP contribution < -0.4 is 9.75 Å². The van der Waals surface area contributed by atoms with E-state index in [9.17, 15) is 4.79 Å². The van der Waals surface area contributed by atoms with E-state index in [1.165, 1.54) is 10.6 Å². The molecule has 0 N–H and O–H groups in total. The third kappa shape index (κ3) is 5.10. The number of hydrogen-bond donors (Lipinski definition) is 0. The highest BCUT2D eigenvalue weighted by Crippen LogP contribution is 2.31. The zero-order chi connectivity index (χ0) is 24.2. The zero-order valence-corrected chi connectivity index (χ0v) is 20.8. The van der Waals surface area contributed by atoms with Crippen molar-refractivity contribution in [3.63, 3.8) is 0 Å². The summed E-state index contributed by atoms with van der Waals surface area (Å²) in [6, 6.07) is 33.3. The van der Waals surface area contributed by atoms with Crippen LogP contribution in [0.2, 0.25) is 0 Å². The van der Waals surface area contributed by atoms with Crippen molar-refractivity contribution in [1.29, 1.82) is 0 Å². The molecule has 4 aromatic rings. The Bertz CT molecular complexity index is 1410. The van der Waals surface area contributed by atoms with Crippen LogP contribution in [0, 0.1) is 6.92 Å². The summed E-state index contributed by atoms with van der Waals surface area (Å²) in [6.07, 6.45) is 1.88. The van der Waals surface area contributed by atoms with Crippen LogP contribution in [-0.4, -0.2) is 11.6 Å². The van der Waals surface area contributed by atoms with Gasteiger partial charge in [0.25, 0.3) is 5.91 Å². The third-order valence-electron chi connectivity index (χ3n) is 5.71. The zero-order valence-electron chi connectivity index (χ0n) is 19.2. The molecule has 0 aliphatic carbocycles. The second-order valence-electron chi connectivity index (χ2n) is 8.29. The Balaban J connectivity index is 1.43.